The summed E-state index contributed by atoms with van der Waals surface area (Å²) in [7, 11) is 0. The molecule has 1 heterocycles. The van der Waals surface area contributed by atoms with Crippen molar-refractivity contribution in [3.05, 3.63) is 71.3 Å². The highest BCUT2D eigenvalue weighted by Crippen LogP contribution is 2.16. The van der Waals surface area contributed by atoms with E-state index >= 15 is 0 Å². The molecule has 0 saturated heterocycles. The van der Waals surface area contributed by atoms with Gasteiger partial charge in [-0.2, -0.15) is 0 Å². The third kappa shape index (κ3) is 4.03. The maximum atomic E-state index is 12.3. The lowest BCUT2D eigenvalue weighted by atomic mass is 10.1. The van der Waals surface area contributed by atoms with Crippen LogP contribution in [0.3, 0.4) is 0 Å². The number of amides is 3. The average molecular weight is 336 g/mol. The van der Waals surface area contributed by atoms with Crippen LogP contribution in [-0.2, 0) is 11.2 Å². The molecule has 2 aromatic rings. The molecule has 1 aliphatic heterocycles. The monoisotopic (exact) mass is 336 g/mol. The van der Waals surface area contributed by atoms with Crippen molar-refractivity contribution in [1.82, 2.24) is 5.32 Å². The van der Waals surface area contributed by atoms with Crippen molar-refractivity contribution in [1.29, 1.82) is 0 Å². The highest BCUT2D eigenvalue weighted by atomic mass is 16.2. The fourth-order valence-corrected chi connectivity index (χ4v) is 2.64. The van der Waals surface area contributed by atoms with Crippen LogP contribution in [0, 0.1) is 0 Å². The molecule has 0 radical (unpaired) electrons. The van der Waals surface area contributed by atoms with Gasteiger partial charge in [-0.05, 0) is 28.8 Å². The maximum absolute atomic E-state index is 12.3. The Hall–Kier alpha value is -3.15. The Kier molecular flexibility index (Phi) is 5.09. The summed E-state index contributed by atoms with van der Waals surface area (Å²) >= 11 is 0. The molecule has 6 heteroatoms. The molecule has 25 heavy (non-hydrogen) atoms. The normalized spacial score (nSPS) is 13.2. The van der Waals surface area contributed by atoms with Crippen molar-refractivity contribution in [2.75, 3.05) is 13.1 Å². The van der Waals surface area contributed by atoms with Gasteiger partial charge in [-0.15, -0.1) is 0 Å². The summed E-state index contributed by atoms with van der Waals surface area (Å²) in [6, 6.07) is 16.4. The van der Waals surface area contributed by atoms with E-state index in [1.165, 1.54) is 0 Å². The first-order valence-corrected chi connectivity index (χ1v) is 8.12. The molecule has 6 nitrogen and oxygen atoms in total. The Balaban J connectivity index is 1.51. The van der Waals surface area contributed by atoms with Crippen molar-refractivity contribution in [2.45, 2.75) is 12.8 Å². The van der Waals surface area contributed by atoms with Crippen molar-refractivity contribution >= 4 is 17.7 Å². The average Bonchev–Trinajstić information content (AvgIpc) is 2.64. The predicted molar refractivity (Wildman–Crippen MR) is 90.4 cm³/mol. The molecule has 0 unspecified atom stereocenters. The van der Waals surface area contributed by atoms with Crippen molar-refractivity contribution in [2.24, 2.45) is 5.11 Å². The van der Waals surface area contributed by atoms with Gasteiger partial charge in [0, 0.05) is 11.7 Å². The number of nitrogens with one attached hydrogen (secondary N) is 1. The summed E-state index contributed by atoms with van der Waals surface area (Å²) in [5.41, 5.74) is 1.77. The topological polar surface area (TPSA) is 78.6 Å². The maximum Gasteiger partial charge on any atom is 0.445 e. The second-order valence-electron chi connectivity index (χ2n) is 5.71. The van der Waals surface area contributed by atoms with Gasteiger partial charge in [-0.25, -0.2) is 4.79 Å². The molecule has 0 aliphatic carbocycles. The molecule has 0 atom stereocenters. The van der Waals surface area contributed by atoms with Crippen LogP contribution in [0.15, 0.2) is 59.7 Å². The van der Waals surface area contributed by atoms with Crippen LogP contribution in [0.25, 0.3) is 0 Å². The number of rotatable bonds is 6. The number of azo groups is 2. The fraction of sp³-hybridized carbons (Fsp3) is 0.211. The minimum Gasteiger partial charge on any atom is -0.356 e. The van der Waals surface area contributed by atoms with E-state index in [-0.39, 0.29) is 24.8 Å². The molecule has 3 amide bonds. The Morgan fingerprint density at radius 1 is 0.960 bits per heavy atom. The molecule has 3 rings (SSSR count). The van der Waals surface area contributed by atoms with Crippen molar-refractivity contribution in [3.8, 4) is 0 Å². The van der Waals surface area contributed by atoms with E-state index in [4.69, 9.17) is 0 Å². The summed E-state index contributed by atoms with van der Waals surface area (Å²) in [5, 5.41) is 6.58. The number of carbonyl (C=O) groups is 3. The first-order valence-electron chi connectivity index (χ1n) is 8.12. The third-order valence-electron chi connectivity index (χ3n) is 3.96. The Bertz CT molecular complexity index is 844. The van der Waals surface area contributed by atoms with Crippen LogP contribution in [0.2, 0.25) is 0 Å². The van der Waals surface area contributed by atoms with Crippen molar-refractivity contribution < 1.29 is 19.1 Å². The Labute approximate surface area is 145 Å². The standard InChI is InChI=1S/C19H17N3O3/c23-17(20-12-10-14-6-2-1-3-7-14)11-13-22-19(25)16-9-5-4-8-15(16)18(24)21-22/h1-9H,10-13H2/p+1. The van der Waals surface area contributed by atoms with Crippen LogP contribution in [0.5, 0.6) is 0 Å². The van der Waals surface area contributed by atoms with Gasteiger partial charge in [0.05, 0.1) is 12.0 Å². The largest absolute Gasteiger partial charge is 0.445 e. The van der Waals surface area contributed by atoms with Gasteiger partial charge in [0.2, 0.25) is 5.91 Å². The van der Waals surface area contributed by atoms with E-state index in [1.54, 1.807) is 24.3 Å². The number of benzene rings is 2. The highest BCUT2D eigenvalue weighted by molar-refractivity contribution is 6.06. The number of hydrogen-bond donors (Lipinski definition) is 1. The zero-order valence-corrected chi connectivity index (χ0v) is 13.6. The molecular weight excluding hydrogens is 318 g/mol. The van der Waals surface area contributed by atoms with E-state index in [1.807, 2.05) is 30.3 Å². The van der Waals surface area contributed by atoms with E-state index < -0.39 is 5.91 Å². The van der Waals surface area contributed by atoms with Crippen LogP contribution in [0.1, 0.15) is 32.7 Å². The lowest BCUT2D eigenvalue weighted by molar-refractivity contribution is -0.493. The minimum atomic E-state index is -0.459. The lowest BCUT2D eigenvalue weighted by Crippen LogP contribution is -2.32. The van der Waals surface area contributed by atoms with E-state index in [2.05, 4.69) is 10.4 Å². The van der Waals surface area contributed by atoms with Crippen LogP contribution in [0.4, 0.5) is 0 Å². The molecule has 0 spiro atoms. The van der Waals surface area contributed by atoms with Gasteiger partial charge in [-0.1, -0.05) is 42.5 Å². The predicted octanol–water partition coefficient (Wildman–Crippen LogP) is 2.19. The molecular formula is C19H18N3O3+. The minimum absolute atomic E-state index is 0.0794. The van der Waals surface area contributed by atoms with Crippen LogP contribution < -0.4 is 5.32 Å². The third-order valence-corrected chi connectivity index (χ3v) is 3.96. The van der Waals surface area contributed by atoms with Gasteiger partial charge >= 0.3 is 11.8 Å². The lowest BCUT2D eigenvalue weighted by Gasteiger charge is -2.08. The highest BCUT2D eigenvalue weighted by Gasteiger charge is 2.34. The summed E-state index contributed by atoms with van der Waals surface area (Å²) in [6.07, 6.45) is 0.838. The zero-order valence-electron chi connectivity index (χ0n) is 13.6. The molecule has 1 N–H and O–H groups in total. The second-order valence-corrected chi connectivity index (χ2v) is 5.71. The number of hydrogen-bond acceptors (Lipinski definition) is 3. The van der Waals surface area contributed by atoms with Crippen LogP contribution in [-0.4, -0.2) is 35.5 Å². The molecule has 126 valence electrons. The first-order chi connectivity index (χ1) is 12.1. The summed E-state index contributed by atoms with van der Waals surface area (Å²) < 4.78 is 1.07. The number of nitrogens with zero attached hydrogens (tertiary/aromatic N) is 2. The SMILES string of the molecule is O=C(CC[N+]1=NC(=O)c2ccccc2C1=O)NCCc1ccccc1. The van der Waals surface area contributed by atoms with E-state index in [9.17, 15) is 14.4 Å². The van der Waals surface area contributed by atoms with E-state index in [0.717, 1.165) is 16.7 Å². The molecule has 0 bridgehead atoms. The number of fused-ring (bicyclic) bond motifs is 1. The zero-order chi connectivity index (χ0) is 17.6. The second kappa shape index (κ2) is 7.61. The summed E-state index contributed by atoms with van der Waals surface area (Å²) in [6.45, 7) is 0.603. The van der Waals surface area contributed by atoms with Crippen LogP contribution >= 0.6 is 0 Å². The molecule has 0 fully saturated rings. The summed E-state index contributed by atoms with van der Waals surface area (Å²) in [5.74, 6) is -0.989. The number of carbonyl (C=O) groups excluding carboxylic acids is 3. The van der Waals surface area contributed by atoms with E-state index in [0.29, 0.717) is 17.7 Å². The molecule has 0 aromatic heterocycles. The molecule has 1 aliphatic rings. The molecule has 0 saturated carbocycles. The molecule has 2 aromatic carbocycles. The van der Waals surface area contributed by atoms with Gasteiger partial charge in [0.1, 0.15) is 5.56 Å². The fourth-order valence-electron chi connectivity index (χ4n) is 2.64. The van der Waals surface area contributed by atoms with Gasteiger partial charge in [0.15, 0.2) is 6.54 Å². The van der Waals surface area contributed by atoms with Crippen molar-refractivity contribution in [3.63, 3.8) is 0 Å². The Morgan fingerprint density at radius 2 is 1.64 bits per heavy atom. The van der Waals surface area contributed by atoms with Gasteiger partial charge in [0.25, 0.3) is 0 Å². The quantitative estimate of drug-likeness (QED) is 0.821. The summed E-state index contributed by atoms with van der Waals surface area (Å²) in [4.78, 5) is 36.2. The Morgan fingerprint density at radius 3 is 2.40 bits per heavy atom. The van der Waals surface area contributed by atoms with Gasteiger partial charge < -0.3 is 5.32 Å². The smallest absolute Gasteiger partial charge is 0.356 e. The first kappa shape index (κ1) is 16.7. The van der Waals surface area contributed by atoms with Gasteiger partial charge in [-0.3, -0.25) is 9.59 Å².